The molecule has 4 rings (SSSR count). The molecule has 7 nitrogen and oxygen atoms in total. The molecule has 1 amide bonds. The molecule has 1 atom stereocenters. The Hall–Kier alpha value is -3.33. The molecule has 1 unspecified atom stereocenters. The van der Waals surface area contributed by atoms with Crippen LogP contribution in [0.15, 0.2) is 49.1 Å². The highest BCUT2D eigenvalue weighted by Gasteiger charge is 2.50. The van der Waals surface area contributed by atoms with Gasteiger partial charge in [0.25, 0.3) is 11.8 Å². The third kappa shape index (κ3) is 3.21. The van der Waals surface area contributed by atoms with E-state index in [1.807, 2.05) is 13.0 Å². The van der Waals surface area contributed by atoms with Crippen molar-refractivity contribution in [2.24, 2.45) is 0 Å². The van der Waals surface area contributed by atoms with Crippen LogP contribution in [0.1, 0.15) is 27.9 Å². The van der Waals surface area contributed by atoms with Crippen molar-refractivity contribution in [3.63, 3.8) is 0 Å². The quantitative estimate of drug-likeness (QED) is 0.696. The van der Waals surface area contributed by atoms with Crippen LogP contribution in [0.5, 0.6) is 0 Å². The molecule has 2 aromatic carbocycles. The zero-order valence-corrected chi connectivity index (χ0v) is 16.6. The fourth-order valence-electron chi connectivity index (χ4n) is 3.83. The number of aromatic nitrogens is 3. The summed E-state index contributed by atoms with van der Waals surface area (Å²) in [6.07, 6.45) is 3.40. The topological polar surface area (TPSA) is 74.5 Å². The van der Waals surface area contributed by atoms with Gasteiger partial charge in [0.15, 0.2) is 0 Å². The Bertz CT molecular complexity index is 1090. The molecule has 30 heavy (non-hydrogen) atoms. The molecule has 9 heteroatoms. The number of aliphatic hydroxyl groups is 1. The molecule has 156 valence electrons. The van der Waals surface area contributed by atoms with Gasteiger partial charge in [-0.2, -0.15) is 5.10 Å². The van der Waals surface area contributed by atoms with E-state index in [1.165, 1.54) is 16.1 Å². The Labute approximate surface area is 172 Å². The number of hydrogen-bond acceptors (Lipinski definition) is 5. The van der Waals surface area contributed by atoms with Gasteiger partial charge in [0.1, 0.15) is 24.3 Å². The van der Waals surface area contributed by atoms with Crippen LogP contribution < -0.4 is 4.90 Å². The lowest BCUT2D eigenvalue weighted by atomic mass is 9.97. The van der Waals surface area contributed by atoms with E-state index in [1.54, 1.807) is 30.2 Å². The molecule has 0 bridgehead atoms. The van der Waals surface area contributed by atoms with E-state index in [-0.39, 0.29) is 12.1 Å². The first-order valence-corrected chi connectivity index (χ1v) is 9.49. The summed E-state index contributed by atoms with van der Waals surface area (Å²) in [6, 6.07) is 8.18. The summed E-state index contributed by atoms with van der Waals surface area (Å²) in [7, 11) is 1.58. The molecule has 0 saturated carbocycles. The number of nitrogens with zero attached hydrogens (tertiary/aromatic N) is 5. The number of carbonyl (C=O) groups is 1. The summed E-state index contributed by atoms with van der Waals surface area (Å²) >= 11 is 0. The minimum Gasteiger partial charge on any atom is -0.350 e. The second kappa shape index (κ2) is 7.49. The van der Waals surface area contributed by atoms with Crippen molar-refractivity contribution in [2.75, 3.05) is 18.5 Å². The minimum absolute atomic E-state index is 0.115. The van der Waals surface area contributed by atoms with E-state index in [2.05, 4.69) is 10.1 Å². The molecule has 0 aliphatic carbocycles. The van der Waals surface area contributed by atoms with Crippen molar-refractivity contribution in [3.05, 3.63) is 77.4 Å². The molecule has 2 heterocycles. The second-order valence-electron chi connectivity index (χ2n) is 7.31. The Balaban J connectivity index is 1.78. The highest BCUT2D eigenvalue weighted by atomic mass is 19.1. The molecule has 1 aromatic heterocycles. The van der Waals surface area contributed by atoms with Crippen molar-refractivity contribution < 1.29 is 18.7 Å². The van der Waals surface area contributed by atoms with Gasteiger partial charge in [-0.1, -0.05) is 11.6 Å². The van der Waals surface area contributed by atoms with E-state index in [4.69, 9.17) is 0 Å². The van der Waals surface area contributed by atoms with Crippen molar-refractivity contribution in [1.82, 2.24) is 19.7 Å². The molecule has 0 radical (unpaired) electrons. The lowest BCUT2D eigenvalue weighted by Gasteiger charge is -2.50. The number of rotatable bonds is 5. The monoisotopic (exact) mass is 413 g/mol. The van der Waals surface area contributed by atoms with Crippen LogP contribution >= 0.6 is 0 Å². The molecular formula is C21H21F2N5O2. The SMILES string of the molecule is Cc1ccc2c(c1)C(=O)N(CCCn1cncn1)C(O)(c1ccc(F)cc1F)N2C. The summed E-state index contributed by atoms with van der Waals surface area (Å²) in [4.78, 5) is 19.9. The number of fused-ring (bicyclic) bond motifs is 1. The fourth-order valence-corrected chi connectivity index (χ4v) is 3.83. The molecule has 0 fully saturated rings. The summed E-state index contributed by atoms with van der Waals surface area (Å²) in [5.41, 5.74) is 1.55. The Morgan fingerprint density at radius 3 is 2.63 bits per heavy atom. The summed E-state index contributed by atoms with van der Waals surface area (Å²) in [6.45, 7) is 2.43. The molecule has 1 N–H and O–H groups in total. The lowest BCUT2D eigenvalue weighted by molar-refractivity contribution is -0.0992. The molecular weight excluding hydrogens is 392 g/mol. The van der Waals surface area contributed by atoms with Gasteiger partial charge < -0.3 is 10.0 Å². The maximum atomic E-state index is 14.8. The zero-order chi connectivity index (χ0) is 21.5. The number of hydrogen-bond donors (Lipinski definition) is 1. The predicted octanol–water partition coefficient (Wildman–Crippen LogP) is 2.65. The van der Waals surface area contributed by atoms with Gasteiger partial charge in [0.2, 0.25) is 0 Å². The van der Waals surface area contributed by atoms with E-state index in [9.17, 15) is 18.7 Å². The summed E-state index contributed by atoms with van der Waals surface area (Å²) < 4.78 is 29.9. The Morgan fingerprint density at radius 2 is 1.93 bits per heavy atom. The molecule has 0 saturated heterocycles. The maximum Gasteiger partial charge on any atom is 0.259 e. The van der Waals surface area contributed by atoms with Crippen LogP contribution in [0.3, 0.4) is 0 Å². The number of carbonyl (C=O) groups excluding carboxylic acids is 1. The van der Waals surface area contributed by atoms with Crippen LogP contribution in [0.2, 0.25) is 0 Å². The van der Waals surface area contributed by atoms with Gasteiger partial charge in [-0.25, -0.2) is 13.8 Å². The van der Waals surface area contributed by atoms with Crippen molar-refractivity contribution in [1.29, 1.82) is 0 Å². The average molecular weight is 413 g/mol. The van der Waals surface area contributed by atoms with E-state index in [0.717, 1.165) is 17.7 Å². The number of amides is 1. The third-order valence-electron chi connectivity index (χ3n) is 5.36. The normalized spacial score (nSPS) is 18.6. The molecule has 0 spiro atoms. The Morgan fingerprint density at radius 1 is 1.13 bits per heavy atom. The van der Waals surface area contributed by atoms with E-state index in [0.29, 0.717) is 30.3 Å². The van der Waals surface area contributed by atoms with Crippen molar-refractivity contribution >= 4 is 11.6 Å². The van der Waals surface area contributed by atoms with Crippen LogP contribution in [-0.2, 0) is 12.4 Å². The van der Waals surface area contributed by atoms with Crippen LogP contribution in [0.4, 0.5) is 14.5 Å². The highest BCUT2D eigenvalue weighted by Crippen LogP contribution is 2.42. The number of halogens is 2. The fraction of sp³-hybridized carbons (Fsp3) is 0.286. The van der Waals surface area contributed by atoms with Gasteiger partial charge in [-0.15, -0.1) is 0 Å². The minimum atomic E-state index is -2.13. The number of anilines is 1. The molecule has 1 aliphatic heterocycles. The molecule has 3 aromatic rings. The first-order chi connectivity index (χ1) is 14.3. The van der Waals surface area contributed by atoms with Gasteiger partial charge >= 0.3 is 0 Å². The third-order valence-corrected chi connectivity index (χ3v) is 5.36. The first-order valence-electron chi connectivity index (χ1n) is 9.49. The highest BCUT2D eigenvalue weighted by molar-refractivity contribution is 6.02. The summed E-state index contributed by atoms with van der Waals surface area (Å²) in [5, 5.41) is 15.7. The lowest BCUT2D eigenvalue weighted by Crippen LogP contribution is -2.63. The van der Waals surface area contributed by atoms with Crippen LogP contribution in [0.25, 0.3) is 0 Å². The summed E-state index contributed by atoms with van der Waals surface area (Å²) in [5.74, 6) is -4.26. The zero-order valence-electron chi connectivity index (χ0n) is 16.6. The van der Waals surface area contributed by atoms with Gasteiger partial charge in [-0.3, -0.25) is 14.4 Å². The van der Waals surface area contributed by atoms with Crippen LogP contribution in [0, 0.1) is 18.6 Å². The maximum absolute atomic E-state index is 14.8. The van der Waals surface area contributed by atoms with E-state index < -0.39 is 23.4 Å². The van der Waals surface area contributed by atoms with Crippen molar-refractivity contribution in [3.8, 4) is 0 Å². The van der Waals surface area contributed by atoms with E-state index >= 15 is 0 Å². The smallest absolute Gasteiger partial charge is 0.259 e. The van der Waals surface area contributed by atoms with Crippen LogP contribution in [-0.4, -0.2) is 44.3 Å². The first kappa shape index (κ1) is 20.0. The second-order valence-corrected chi connectivity index (χ2v) is 7.31. The van der Waals surface area contributed by atoms with Crippen molar-refractivity contribution in [2.45, 2.75) is 25.7 Å². The van der Waals surface area contributed by atoms with Gasteiger partial charge in [-0.05, 0) is 37.6 Å². The van der Waals surface area contributed by atoms with Gasteiger partial charge in [0, 0.05) is 26.2 Å². The van der Waals surface area contributed by atoms with Gasteiger partial charge in [0.05, 0.1) is 16.8 Å². The largest absolute Gasteiger partial charge is 0.350 e. The number of benzene rings is 2. The average Bonchev–Trinajstić information content (AvgIpc) is 3.22. The standard InChI is InChI=1S/C21H21F2N5O2/c1-14-4-7-19-16(10-14)20(29)28(9-3-8-27-13-24-12-25-27)21(30,26(19)2)17-6-5-15(22)11-18(17)23/h4-7,10-13,30H,3,8-9H2,1-2H3. The molecule has 1 aliphatic rings. The number of aryl methyl sites for hydroxylation is 2. The Kier molecular flexibility index (Phi) is 4.98. The predicted molar refractivity (Wildman–Crippen MR) is 106 cm³/mol.